The van der Waals surface area contributed by atoms with Crippen LogP contribution in [0.5, 0.6) is 0 Å². The number of carbonyl (C=O) groups excluding carboxylic acids is 1. The van der Waals surface area contributed by atoms with E-state index >= 15 is 0 Å². The number of unbranched alkanes of at least 4 members (excludes halogenated alkanes) is 1. The lowest BCUT2D eigenvalue weighted by Crippen LogP contribution is -2.31. The Kier molecular flexibility index (Phi) is 5.63. The number of hydrogen-bond donors (Lipinski definition) is 1. The number of aldehydes is 1. The second kappa shape index (κ2) is 5.92. The van der Waals surface area contributed by atoms with Crippen LogP contribution in [0.2, 0.25) is 0 Å². The van der Waals surface area contributed by atoms with Crippen LogP contribution in [0.3, 0.4) is 0 Å². The van der Waals surface area contributed by atoms with Gasteiger partial charge in [-0.3, -0.25) is 4.79 Å². The quantitative estimate of drug-likeness (QED) is 0.508. The third-order valence-corrected chi connectivity index (χ3v) is 2.50. The maximum Gasteiger partial charge on any atom is 0.142 e. The molecule has 2 heteroatoms. The van der Waals surface area contributed by atoms with Crippen molar-refractivity contribution in [2.75, 3.05) is 0 Å². The number of aliphatic hydroxyl groups is 1. The molecule has 0 aliphatic carbocycles. The Morgan fingerprint density at radius 1 is 1.54 bits per heavy atom. The average Bonchev–Trinajstić information content (AvgIpc) is 2.10. The van der Waals surface area contributed by atoms with Crippen LogP contribution in [0.15, 0.2) is 12.2 Å². The van der Waals surface area contributed by atoms with Gasteiger partial charge in [-0.1, -0.05) is 32.8 Å². The third kappa shape index (κ3) is 4.83. The van der Waals surface area contributed by atoms with E-state index in [1.54, 1.807) is 6.08 Å². The fourth-order valence-electron chi connectivity index (χ4n) is 1.18. The summed E-state index contributed by atoms with van der Waals surface area (Å²) in [5.41, 5.74) is -0.685. The lowest BCUT2D eigenvalue weighted by Gasteiger charge is -2.28. The Morgan fingerprint density at radius 2 is 2.15 bits per heavy atom. The fraction of sp³-hybridized carbons (Fsp3) is 0.727. The van der Waals surface area contributed by atoms with Crippen molar-refractivity contribution >= 4 is 6.29 Å². The predicted octanol–water partition coefficient (Wildman–Crippen LogP) is 2.32. The van der Waals surface area contributed by atoms with Crippen LogP contribution in [0.1, 0.15) is 40.0 Å². The summed E-state index contributed by atoms with van der Waals surface area (Å²) in [5.74, 6) is 0.0317. The SMILES string of the molecule is CCCCC(C)(O)C(C)C=CC=O. The first-order valence-electron chi connectivity index (χ1n) is 4.89. The molecule has 0 aromatic rings. The molecule has 0 spiro atoms. The summed E-state index contributed by atoms with van der Waals surface area (Å²) in [7, 11) is 0. The Balaban J connectivity index is 4.08. The molecular formula is C11H20O2. The molecule has 13 heavy (non-hydrogen) atoms. The molecule has 0 amide bonds. The van der Waals surface area contributed by atoms with E-state index in [-0.39, 0.29) is 5.92 Å². The number of allylic oxidation sites excluding steroid dienone is 1. The van der Waals surface area contributed by atoms with Crippen molar-refractivity contribution < 1.29 is 9.90 Å². The molecule has 76 valence electrons. The zero-order valence-corrected chi connectivity index (χ0v) is 8.79. The van der Waals surface area contributed by atoms with Gasteiger partial charge in [-0.15, -0.1) is 0 Å². The Morgan fingerprint density at radius 3 is 2.62 bits per heavy atom. The first kappa shape index (κ1) is 12.4. The van der Waals surface area contributed by atoms with E-state index in [0.717, 1.165) is 25.5 Å². The van der Waals surface area contributed by atoms with Crippen molar-refractivity contribution in [3.05, 3.63) is 12.2 Å². The molecule has 0 heterocycles. The number of hydrogen-bond acceptors (Lipinski definition) is 2. The van der Waals surface area contributed by atoms with Crippen LogP contribution < -0.4 is 0 Å². The van der Waals surface area contributed by atoms with Crippen molar-refractivity contribution in [3.63, 3.8) is 0 Å². The second-order valence-corrected chi connectivity index (χ2v) is 3.77. The van der Waals surface area contributed by atoms with E-state index in [4.69, 9.17) is 0 Å². The smallest absolute Gasteiger partial charge is 0.142 e. The van der Waals surface area contributed by atoms with Gasteiger partial charge in [0.05, 0.1) is 5.60 Å². The second-order valence-electron chi connectivity index (χ2n) is 3.77. The summed E-state index contributed by atoms with van der Waals surface area (Å²) in [6.45, 7) is 5.85. The molecule has 0 aliphatic rings. The van der Waals surface area contributed by atoms with Gasteiger partial charge in [0.25, 0.3) is 0 Å². The Labute approximate surface area is 80.7 Å². The van der Waals surface area contributed by atoms with E-state index in [2.05, 4.69) is 6.92 Å². The van der Waals surface area contributed by atoms with Gasteiger partial charge in [-0.05, 0) is 19.4 Å². The van der Waals surface area contributed by atoms with E-state index < -0.39 is 5.60 Å². The molecule has 0 aromatic carbocycles. The average molecular weight is 184 g/mol. The highest BCUT2D eigenvalue weighted by molar-refractivity contribution is 5.64. The molecule has 0 bridgehead atoms. The molecule has 0 saturated carbocycles. The Bertz CT molecular complexity index is 171. The normalized spacial score (nSPS) is 18.5. The number of carbonyl (C=O) groups is 1. The van der Waals surface area contributed by atoms with Gasteiger partial charge >= 0.3 is 0 Å². The van der Waals surface area contributed by atoms with Crippen molar-refractivity contribution in [1.82, 2.24) is 0 Å². The van der Waals surface area contributed by atoms with E-state index in [9.17, 15) is 9.90 Å². The van der Waals surface area contributed by atoms with Crippen molar-refractivity contribution in [3.8, 4) is 0 Å². The van der Waals surface area contributed by atoms with Gasteiger partial charge in [-0.2, -0.15) is 0 Å². The predicted molar refractivity (Wildman–Crippen MR) is 54.5 cm³/mol. The van der Waals surface area contributed by atoms with E-state index in [1.807, 2.05) is 13.8 Å². The van der Waals surface area contributed by atoms with Crippen molar-refractivity contribution in [1.29, 1.82) is 0 Å². The summed E-state index contributed by atoms with van der Waals surface area (Å²) >= 11 is 0. The largest absolute Gasteiger partial charge is 0.390 e. The van der Waals surface area contributed by atoms with E-state index in [0.29, 0.717) is 0 Å². The fourth-order valence-corrected chi connectivity index (χ4v) is 1.18. The third-order valence-electron chi connectivity index (χ3n) is 2.50. The van der Waals surface area contributed by atoms with Crippen LogP contribution in [-0.4, -0.2) is 17.0 Å². The summed E-state index contributed by atoms with van der Waals surface area (Å²) in [6.07, 6.45) is 6.83. The molecule has 0 aromatic heterocycles. The molecule has 0 rings (SSSR count). The summed E-state index contributed by atoms with van der Waals surface area (Å²) in [4.78, 5) is 10.1. The molecule has 1 N–H and O–H groups in total. The highest BCUT2D eigenvalue weighted by atomic mass is 16.3. The van der Waals surface area contributed by atoms with Crippen LogP contribution in [0.25, 0.3) is 0 Å². The molecule has 2 unspecified atom stereocenters. The number of rotatable bonds is 6. The highest BCUT2D eigenvalue weighted by Crippen LogP contribution is 2.24. The van der Waals surface area contributed by atoms with Gasteiger partial charge in [0.1, 0.15) is 6.29 Å². The zero-order valence-electron chi connectivity index (χ0n) is 8.79. The topological polar surface area (TPSA) is 37.3 Å². The Hall–Kier alpha value is -0.630. The minimum Gasteiger partial charge on any atom is -0.390 e. The molecule has 2 nitrogen and oxygen atoms in total. The van der Waals surface area contributed by atoms with Crippen LogP contribution in [0, 0.1) is 5.92 Å². The van der Waals surface area contributed by atoms with Crippen LogP contribution in [0.4, 0.5) is 0 Å². The van der Waals surface area contributed by atoms with Gasteiger partial charge < -0.3 is 5.11 Å². The first-order chi connectivity index (χ1) is 6.04. The van der Waals surface area contributed by atoms with E-state index in [1.165, 1.54) is 6.08 Å². The van der Waals surface area contributed by atoms with Crippen LogP contribution >= 0.6 is 0 Å². The molecule has 2 atom stereocenters. The highest BCUT2D eigenvalue weighted by Gasteiger charge is 2.25. The standard InChI is InChI=1S/C11H20O2/c1-4-5-8-11(3,13)10(2)7-6-9-12/h6-7,9-10,13H,4-5,8H2,1-3H3. The monoisotopic (exact) mass is 184 g/mol. The minimum atomic E-state index is -0.685. The van der Waals surface area contributed by atoms with Gasteiger partial charge in [-0.25, -0.2) is 0 Å². The molecular weight excluding hydrogens is 164 g/mol. The molecule has 0 radical (unpaired) electrons. The lowest BCUT2D eigenvalue weighted by atomic mass is 9.86. The molecule has 0 saturated heterocycles. The molecule has 0 aliphatic heterocycles. The van der Waals surface area contributed by atoms with Gasteiger partial charge in [0.15, 0.2) is 0 Å². The first-order valence-corrected chi connectivity index (χ1v) is 4.89. The van der Waals surface area contributed by atoms with Crippen LogP contribution in [-0.2, 0) is 4.79 Å². The van der Waals surface area contributed by atoms with Crippen molar-refractivity contribution in [2.24, 2.45) is 5.92 Å². The summed E-state index contributed by atoms with van der Waals surface area (Å²) in [5, 5.41) is 9.97. The maximum absolute atomic E-state index is 10.1. The maximum atomic E-state index is 10.1. The summed E-state index contributed by atoms with van der Waals surface area (Å²) < 4.78 is 0. The van der Waals surface area contributed by atoms with Gasteiger partial charge in [0.2, 0.25) is 0 Å². The van der Waals surface area contributed by atoms with Gasteiger partial charge in [0, 0.05) is 5.92 Å². The summed E-state index contributed by atoms with van der Waals surface area (Å²) in [6, 6.07) is 0. The zero-order chi connectivity index (χ0) is 10.3. The van der Waals surface area contributed by atoms with Crippen molar-refractivity contribution in [2.45, 2.75) is 45.6 Å². The molecule has 0 fully saturated rings. The minimum absolute atomic E-state index is 0.0317. The lowest BCUT2D eigenvalue weighted by molar-refractivity contribution is -0.104.